The zero-order valence-electron chi connectivity index (χ0n) is 7.81. The quantitative estimate of drug-likeness (QED) is 0.853. The highest BCUT2D eigenvalue weighted by atomic mass is 79.9. The fraction of sp³-hybridized carbons (Fsp3) is 0.400. The molecule has 0 aliphatic rings. The van der Waals surface area contributed by atoms with Gasteiger partial charge in [-0.05, 0) is 24.1 Å². The highest BCUT2D eigenvalue weighted by Gasteiger charge is 1.98. The van der Waals surface area contributed by atoms with Crippen molar-refractivity contribution in [3.8, 4) is 0 Å². The normalized spacial score (nSPS) is 10.1. The van der Waals surface area contributed by atoms with Crippen LogP contribution in [0.15, 0.2) is 22.7 Å². The minimum atomic E-state index is 0.578. The van der Waals surface area contributed by atoms with Gasteiger partial charge in [0.2, 0.25) is 0 Å². The van der Waals surface area contributed by atoms with Crippen molar-refractivity contribution < 1.29 is 0 Å². The minimum Gasteiger partial charge on any atom is -0.385 e. The summed E-state index contributed by atoms with van der Waals surface area (Å²) in [6, 6.07) is 6.17. The van der Waals surface area contributed by atoms with E-state index in [9.17, 15) is 0 Å². The van der Waals surface area contributed by atoms with Crippen molar-refractivity contribution in [2.24, 2.45) is 5.73 Å². The van der Waals surface area contributed by atoms with E-state index in [1.807, 2.05) is 6.07 Å². The number of benzene rings is 1. The number of nitrogens with one attached hydrogen (secondary N) is 1. The number of rotatable bonds is 4. The van der Waals surface area contributed by atoms with Gasteiger partial charge in [-0.25, -0.2) is 0 Å². The standard InChI is InChI=1S/C10H15BrN2/c1-2-5-13-9-4-3-8(7-12)10(11)6-9/h3-4,6,13H,2,5,7,12H2,1H3. The number of nitrogens with two attached hydrogens (primary N) is 1. The molecule has 0 aliphatic carbocycles. The second-order valence-corrected chi connectivity index (χ2v) is 3.79. The maximum atomic E-state index is 5.55. The van der Waals surface area contributed by atoms with Crippen LogP contribution in [-0.4, -0.2) is 6.54 Å². The molecule has 0 saturated carbocycles. The average Bonchev–Trinajstić information content (AvgIpc) is 2.15. The molecule has 0 unspecified atom stereocenters. The first-order valence-corrected chi connectivity index (χ1v) is 5.29. The maximum Gasteiger partial charge on any atom is 0.0351 e. The number of hydrogen-bond donors (Lipinski definition) is 2. The largest absolute Gasteiger partial charge is 0.385 e. The van der Waals surface area contributed by atoms with Gasteiger partial charge in [0.15, 0.2) is 0 Å². The van der Waals surface area contributed by atoms with Gasteiger partial charge in [0.05, 0.1) is 0 Å². The average molecular weight is 243 g/mol. The topological polar surface area (TPSA) is 38.0 Å². The summed E-state index contributed by atoms with van der Waals surface area (Å²) in [4.78, 5) is 0. The first kappa shape index (κ1) is 10.5. The Kier molecular flexibility index (Phi) is 4.25. The Morgan fingerprint density at radius 3 is 2.77 bits per heavy atom. The van der Waals surface area contributed by atoms with Crippen molar-refractivity contribution >= 4 is 21.6 Å². The molecule has 2 nitrogen and oxygen atoms in total. The molecular weight excluding hydrogens is 228 g/mol. The van der Waals surface area contributed by atoms with Gasteiger partial charge in [-0.3, -0.25) is 0 Å². The highest BCUT2D eigenvalue weighted by Crippen LogP contribution is 2.20. The molecule has 72 valence electrons. The van der Waals surface area contributed by atoms with Crippen LogP contribution in [0.1, 0.15) is 18.9 Å². The van der Waals surface area contributed by atoms with E-state index in [1.165, 1.54) is 0 Å². The minimum absolute atomic E-state index is 0.578. The zero-order chi connectivity index (χ0) is 9.68. The number of halogens is 1. The lowest BCUT2D eigenvalue weighted by atomic mass is 10.2. The van der Waals surface area contributed by atoms with E-state index in [0.717, 1.165) is 28.7 Å². The van der Waals surface area contributed by atoms with Crippen LogP contribution in [0.25, 0.3) is 0 Å². The van der Waals surface area contributed by atoms with Gasteiger partial charge in [-0.1, -0.05) is 28.9 Å². The van der Waals surface area contributed by atoms with Gasteiger partial charge in [0, 0.05) is 23.2 Å². The molecule has 0 radical (unpaired) electrons. The second kappa shape index (κ2) is 5.25. The Bertz CT molecular complexity index is 274. The fourth-order valence-corrected chi connectivity index (χ4v) is 1.63. The number of hydrogen-bond acceptors (Lipinski definition) is 2. The van der Waals surface area contributed by atoms with Crippen LogP contribution in [0.4, 0.5) is 5.69 Å². The van der Waals surface area contributed by atoms with Gasteiger partial charge < -0.3 is 11.1 Å². The van der Waals surface area contributed by atoms with Crippen LogP contribution in [-0.2, 0) is 6.54 Å². The van der Waals surface area contributed by atoms with Crippen LogP contribution in [0, 0.1) is 0 Å². The summed E-state index contributed by atoms with van der Waals surface area (Å²) in [6.07, 6.45) is 1.14. The third-order valence-corrected chi connectivity index (χ3v) is 2.59. The lowest BCUT2D eigenvalue weighted by Gasteiger charge is -2.07. The summed E-state index contributed by atoms with van der Waals surface area (Å²) in [5.74, 6) is 0. The Morgan fingerprint density at radius 2 is 2.23 bits per heavy atom. The fourth-order valence-electron chi connectivity index (χ4n) is 1.09. The van der Waals surface area contributed by atoms with E-state index in [4.69, 9.17) is 5.73 Å². The first-order valence-electron chi connectivity index (χ1n) is 4.50. The molecular formula is C10H15BrN2. The molecule has 3 heteroatoms. The predicted molar refractivity (Wildman–Crippen MR) is 60.8 cm³/mol. The molecule has 3 N–H and O–H groups in total. The van der Waals surface area contributed by atoms with Crippen LogP contribution in [0.3, 0.4) is 0 Å². The molecule has 0 bridgehead atoms. The molecule has 13 heavy (non-hydrogen) atoms. The second-order valence-electron chi connectivity index (χ2n) is 2.94. The molecule has 0 aromatic heterocycles. The molecule has 0 spiro atoms. The zero-order valence-corrected chi connectivity index (χ0v) is 9.39. The van der Waals surface area contributed by atoms with Crippen LogP contribution >= 0.6 is 15.9 Å². The van der Waals surface area contributed by atoms with E-state index in [1.54, 1.807) is 0 Å². The first-order chi connectivity index (χ1) is 6.27. The predicted octanol–water partition coefficient (Wildman–Crippen LogP) is 2.73. The van der Waals surface area contributed by atoms with Crippen molar-refractivity contribution in [1.29, 1.82) is 0 Å². The van der Waals surface area contributed by atoms with Crippen molar-refractivity contribution in [2.45, 2.75) is 19.9 Å². The van der Waals surface area contributed by atoms with Gasteiger partial charge in [-0.15, -0.1) is 0 Å². The van der Waals surface area contributed by atoms with Crippen LogP contribution in [0.2, 0.25) is 0 Å². The van der Waals surface area contributed by atoms with E-state index in [-0.39, 0.29) is 0 Å². The molecule has 0 heterocycles. The highest BCUT2D eigenvalue weighted by molar-refractivity contribution is 9.10. The molecule has 0 fully saturated rings. The van der Waals surface area contributed by atoms with E-state index in [0.29, 0.717) is 6.54 Å². The Morgan fingerprint density at radius 1 is 1.46 bits per heavy atom. The van der Waals surface area contributed by atoms with Crippen molar-refractivity contribution in [1.82, 2.24) is 0 Å². The summed E-state index contributed by atoms with van der Waals surface area (Å²) in [6.45, 7) is 3.74. The summed E-state index contributed by atoms with van der Waals surface area (Å²) in [5.41, 5.74) is 7.84. The van der Waals surface area contributed by atoms with Crippen molar-refractivity contribution in [2.75, 3.05) is 11.9 Å². The number of anilines is 1. The lowest BCUT2D eigenvalue weighted by Crippen LogP contribution is -2.01. The molecule has 0 atom stereocenters. The maximum absolute atomic E-state index is 5.55. The van der Waals surface area contributed by atoms with Crippen molar-refractivity contribution in [3.05, 3.63) is 28.2 Å². The van der Waals surface area contributed by atoms with Gasteiger partial charge in [0.25, 0.3) is 0 Å². The molecule has 1 rings (SSSR count). The summed E-state index contributed by atoms with van der Waals surface area (Å²) in [7, 11) is 0. The summed E-state index contributed by atoms with van der Waals surface area (Å²) >= 11 is 3.48. The van der Waals surface area contributed by atoms with Crippen LogP contribution < -0.4 is 11.1 Å². The third kappa shape index (κ3) is 3.01. The van der Waals surface area contributed by atoms with Gasteiger partial charge in [-0.2, -0.15) is 0 Å². The van der Waals surface area contributed by atoms with Crippen molar-refractivity contribution in [3.63, 3.8) is 0 Å². The molecule has 1 aromatic carbocycles. The monoisotopic (exact) mass is 242 g/mol. The van der Waals surface area contributed by atoms with E-state index < -0.39 is 0 Å². The Hall–Kier alpha value is -0.540. The molecule has 0 aliphatic heterocycles. The summed E-state index contributed by atoms with van der Waals surface area (Å²) < 4.78 is 1.08. The third-order valence-electron chi connectivity index (χ3n) is 1.85. The van der Waals surface area contributed by atoms with E-state index in [2.05, 4.69) is 40.3 Å². The smallest absolute Gasteiger partial charge is 0.0351 e. The Balaban J connectivity index is 2.71. The SMILES string of the molecule is CCCNc1ccc(CN)c(Br)c1. The molecule has 1 aromatic rings. The van der Waals surface area contributed by atoms with Gasteiger partial charge in [0.1, 0.15) is 0 Å². The lowest BCUT2D eigenvalue weighted by molar-refractivity contribution is 0.978. The Labute approximate surface area is 87.6 Å². The molecule has 0 saturated heterocycles. The molecule has 0 amide bonds. The van der Waals surface area contributed by atoms with Gasteiger partial charge >= 0.3 is 0 Å². The summed E-state index contributed by atoms with van der Waals surface area (Å²) in [5, 5.41) is 3.32. The van der Waals surface area contributed by atoms with Crippen LogP contribution in [0.5, 0.6) is 0 Å². The van der Waals surface area contributed by atoms with E-state index >= 15 is 0 Å².